The van der Waals surface area contributed by atoms with Crippen LogP contribution in [-0.2, 0) is 16.0 Å². The van der Waals surface area contributed by atoms with Gasteiger partial charge in [-0.25, -0.2) is 4.79 Å². The van der Waals surface area contributed by atoms with Crippen LogP contribution in [0.3, 0.4) is 0 Å². The van der Waals surface area contributed by atoms with Crippen LogP contribution in [0, 0.1) is 0 Å². The number of aliphatic carboxylic acids is 1. The van der Waals surface area contributed by atoms with Gasteiger partial charge in [-0.3, -0.25) is 9.89 Å². The number of aromatic amines is 1. The Hall–Kier alpha value is -2.37. The summed E-state index contributed by atoms with van der Waals surface area (Å²) in [6.45, 7) is 1.99. The van der Waals surface area contributed by atoms with E-state index in [0.29, 0.717) is 6.42 Å². The van der Waals surface area contributed by atoms with Crippen LogP contribution in [0.1, 0.15) is 31.7 Å². The smallest absolute Gasteiger partial charge is 0.326 e. The Bertz CT molecular complexity index is 636. The van der Waals surface area contributed by atoms with Gasteiger partial charge in [0.25, 0.3) is 0 Å². The predicted molar refractivity (Wildman–Crippen MR) is 78.9 cm³/mol. The number of nitrogens with zero attached hydrogens (tertiary/aromatic N) is 1. The summed E-state index contributed by atoms with van der Waals surface area (Å²) in [5.74, 6) is -1.27. The molecule has 2 aromatic rings. The van der Waals surface area contributed by atoms with E-state index in [-0.39, 0.29) is 12.3 Å². The number of amides is 1. The molecule has 0 fully saturated rings. The minimum Gasteiger partial charge on any atom is -0.480 e. The van der Waals surface area contributed by atoms with Gasteiger partial charge in [0, 0.05) is 5.39 Å². The van der Waals surface area contributed by atoms with E-state index in [1.54, 1.807) is 6.20 Å². The van der Waals surface area contributed by atoms with E-state index < -0.39 is 12.0 Å². The third-order valence-electron chi connectivity index (χ3n) is 3.35. The van der Waals surface area contributed by atoms with Crippen molar-refractivity contribution in [1.82, 2.24) is 15.5 Å². The molecular weight excluding hydrogens is 270 g/mol. The SMILES string of the molecule is CCCC[C@H](NC(=O)Cc1ccc2cn[nH]c2c1)C(=O)O. The molecule has 0 unspecified atom stereocenters. The number of aromatic nitrogens is 2. The van der Waals surface area contributed by atoms with Crippen LogP contribution in [0.15, 0.2) is 24.4 Å². The molecule has 0 aliphatic carbocycles. The second kappa shape index (κ2) is 6.88. The molecular formula is C15H19N3O3. The Labute approximate surface area is 122 Å². The van der Waals surface area contributed by atoms with Crippen molar-refractivity contribution in [2.75, 3.05) is 0 Å². The number of rotatable bonds is 7. The van der Waals surface area contributed by atoms with Crippen LogP contribution >= 0.6 is 0 Å². The van der Waals surface area contributed by atoms with Gasteiger partial charge in [-0.1, -0.05) is 31.9 Å². The van der Waals surface area contributed by atoms with Crippen molar-refractivity contribution in [3.8, 4) is 0 Å². The highest BCUT2D eigenvalue weighted by atomic mass is 16.4. The third kappa shape index (κ3) is 4.05. The molecule has 2 rings (SSSR count). The molecule has 1 heterocycles. The number of carbonyl (C=O) groups is 2. The van der Waals surface area contributed by atoms with Crippen LogP contribution in [0.2, 0.25) is 0 Å². The van der Waals surface area contributed by atoms with Crippen LogP contribution in [-0.4, -0.2) is 33.2 Å². The van der Waals surface area contributed by atoms with E-state index >= 15 is 0 Å². The zero-order valence-corrected chi connectivity index (χ0v) is 11.9. The highest BCUT2D eigenvalue weighted by molar-refractivity contribution is 5.86. The molecule has 6 heteroatoms. The normalized spacial score (nSPS) is 12.2. The van der Waals surface area contributed by atoms with Crippen LogP contribution in [0.25, 0.3) is 10.9 Å². The Morgan fingerprint density at radius 3 is 2.95 bits per heavy atom. The van der Waals surface area contributed by atoms with Crippen molar-refractivity contribution < 1.29 is 14.7 Å². The largest absolute Gasteiger partial charge is 0.480 e. The number of carbonyl (C=O) groups excluding carboxylic acids is 1. The van der Waals surface area contributed by atoms with Gasteiger partial charge in [-0.15, -0.1) is 0 Å². The number of unbranched alkanes of at least 4 members (excludes halogenated alkanes) is 1. The topological polar surface area (TPSA) is 95.1 Å². The average Bonchev–Trinajstić information content (AvgIpc) is 2.90. The summed E-state index contributed by atoms with van der Waals surface area (Å²) in [5, 5.41) is 19.4. The first kappa shape index (κ1) is 15.0. The fraction of sp³-hybridized carbons (Fsp3) is 0.400. The summed E-state index contributed by atoms with van der Waals surface area (Å²) in [7, 11) is 0. The van der Waals surface area contributed by atoms with E-state index in [0.717, 1.165) is 29.3 Å². The van der Waals surface area contributed by atoms with E-state index in [1.165, 1.54) is 0 Å². The van der Waals surface area contributed by atoms with Gasteiger partial charge in [0.2, 0.25) is 5.91 Å². The first-order chi connectivity index (χ1) is 10.1. The van der Waals surface area contributed by atoms with E-state index in [9.17, 15) is 9.59 Å². The second-order valence-electron chi connectivity index (χ2n) is 5.07. The van der Waals surface area contributed by atoms with Crippen LogP contribution in [0.4, 0.5) is 0 Å². The first-order valence-corrected chi connectivity index (χ1v) is 7.04. The van der Waals surface area contributed by atoms with E-state index in [4.69, 9.17) is 5.11 Å². The van der Waals surface area contributed by atoms with Gasteiger partial charge in [0.05, 0.1) is 18.1 Å². The number of nitrogens with one attached hydrogen (secondary N) is 2. The summed E-state index contributed by atoms with van der Waals surface area (Å²) in [6, 6.07) is 4.77. The van der Waals surface area contributed by atoms with E-state index in [1.807, 2.05) is 25.1 Å². The number of carboxylic acids is 1. The van der Waals surface area contributed by atoms with Gasteiger partial charge >= 0.3 is 5.97 Å². The monoisotopic (exact) mass is 289 g/mol. The van der Waals surface area contributed by atoms with Gasteiger partial charge < -0.3 is 10.4 Å². The first-order valence-electron chi connectivity index (χ1n) is 7.04. The molecule has 112 valence electrons. The summed E-state index contributed by atoms with van der Waals surface area (Å²) >= 11 is 0. The molecule has 0 bridgehead atoms. The Balaban J connectivity index is 1.97. The average molecular weight is 289 g/mol. The Morgan fingerprint density at radius 1 is 1.43 bits per heavy atom. The predicted octanol–water partition coefficient (Wildman–Crippen LogP) is 1.86. The van der Waals surface area contributed by atoms with Crippen molar-refractivity contribution in [3.05, 3.63) is 30.0 Å². The maximum Gasteiger partial charge on any atom is 0.326 e. The lowest BCUT2D eigenvalue weighted by molar-refractivity contribution is -0.142. The number of hydrogen-bond acceptors (Lipinski definition) is 3. The molecule has 0 saturated heterocycles. The third-order valence-corrected chi connectivity index (χ3v) is 3.35. The van der Waals surface area contributed by atoms with Crippen LogP contribution < -0.4 is 5.32 Å². The summed E-state index contributed by atoms with van der Waals surface area (Å²) in [5.41, 5.74) is 1.69. The zero-order chi connectivity index (χ0) is 15.2. The molecule has 0 saturated carbocycles. The fourth-order valence-corrected chi connectivity index (χ4v) is 2.19. The zero-order valence-electron chi connectivity index (χ0n) is 11.9. The Kier molecular flexibility index (Phi) is 4.92. The summed E-state index contributed by atoms with van der Waals surface area (Å²) in [4.78, 5) is 23.1. The van der Waals surface area contributed by atoms with Crippen molar-refractivity contribution in [1.29, 1.82) is 0 Å². The maximum absolute atomic E-state index is 12.0. The van der Waals surface area contributed by atoms with Crippen molar-refractivity contribution in [2.24, 2.45) is 0 Å². The molecule has 0 aliphatic rings. The van der Waals surface area contributed by atoms with Crippen molar-refractivity contribution in [2.45, 2.75) is 38.6 Å². The molecule has 6 nitrogen and oxygen atoms in total. The quantitative estimate of drug-likeness (QED) is 0.725. The lowest BCUT2D eigenvalue weighted by Crippen LogP contribution is -2.41. The highest BCUT2D eigenvalue weighted by Gasteiger charge is 2.19. The molecule has 1 aromatic heterocycles. The standard InChI is InChI=1S/C15H19N3O3/c1-2-3-4-12(15(20)21)17-14(19)8-10-5-6-11-9-16-18-13(11)7-10/h5-7,9,12H,2-4,8H2,1H3,(H,16,18)(H,17,19)(H,20,21)/t12-/m0/s1. The molecule has 1 atom stereocenters. The highest BCUT2D eigenvalue weighted by Crippen LogP contribution is 2.13. The molecule has 0 aliphatic heterocycles. The van der Waals surface area contributed by atoms with Gasteiger partial charge in [-0.2, -0.15) is 5.10 Å². The molecule has 3 N–H and O–H groups in total. The minimum absolute atomic E-state index is 0.158. The lowest BCUT2D eigenvalue weighted by atomic mass is 10.1. The second-order valence-corrected chi connectivity index (χ2v) is 5.07. The summed E-state index contributed by atoms with van der Waals surface area (Å²) in [6.07, 6.45) is 4.00. The van der Waals surface area contributed by atoms with E-state index in [2.05, 4.69) is 15.5 Å². The lowest BCUT2D eigenvalue weighted by Gasteiger charge is -2.14. The number of hydrogen-bond donors (Lipinski definition) is 3. The number of benzene rings is 1. The summed E-state index contributed by atoms with van der Waals surface area (Å²) < 4.78 is 0. The van der Waals surface area contributed by atoms with Crippen molar-refractivity contribution >= 4 is 22.8 Å². The Morgan fingerprint density at radius 2 is 2.24 bits per heavy atom. The van der Waals surface area contributed by atoms with Crippen molar-refractivity contribution in [3.63, 3.8) is 0 Å². The fourth-order valence-electron chi connectivity index (χ4n) is 2.19. The minimum atomic E-state index is -0.985. The molecule has 1 aromatic carbocycles. The van der Waals surface area contributed by atoms with Gasteiger partial charge in [0.15, 0.2) is 0 Å². The van der Waals surface area contributed by atoms with Gasteiger partial charge in [0.1, 0.15) is 6.04 Å². The number of carboxylic acid groups (broad SMARTS) is 1. The molecule has 0 spiro atoms. The number of fused-ring (bicyclic) bond motifs is 1. The molecule has 1 amide bonds. The van der Waals surface area contributed by atoms with Gasteiger partial charge in [-0.05, 0) is 18.1 Å². The number of H-pyrrole nitrogens is 1. The molecule has 0 radical (unpaired) electrons. The van der Waals surface area contributed by atoms with Crippen LogP contribution in [0.5, 0.6) is 0 Å². The molecule has 21 heavy (non-hydrogen) atoms. The maximum atomic E-state index is 12.0.